The summed E-state index contributed by atoms with van der Waals surface area (Å²) in [4.78, 5) is 2.31. The first-order valence-corrected chi connectivity index (χ1v) is 6.22. The normalized spacial score (nSPS) is 25.5. The highest BCUT2D eigenvalue weighted by atomic mass is 79.9. The maximum absolute atomic E-state index is 6.10. The van der Waals surface area contributed by atoms with Crippen LogP contribution in [0.15, 0.2) is 28.7 Å². The molecule has 0 bridgehead atoms. The number of hydrogen-bond donors (Lipinski definition) is 1. The van der Waals surface area contributed by atoms with Crippen molar-refractivity contribution in [2.24, 2.45) is 5.73 Å². The molecule has 15 heavy (non-hydrogen) atoms. The van der Waals surface area contributed by atoms with Crippen LogP contribution in [0, 0.1) is 0 Å². The second-order valence-electron chi connectivity index (χ2n) is 4.25. The SMILES string of the molecule is CN(c1ccc(Br)cc1)C1CCCC1N. The van der Waals surface area contributed by atoms with Crippen LogP contribution in [-0.4, -0.2) is 19.1 Å². The Morgan fingerprint density at radius 3 is 2.47 bits per heavy atom. The fourth-order valence-electron chi connectivity index (χ4n) is 2.32. The Bertz CT molecular complexity index is 323. The third-order valence-electron chi connectivity index (χ3n) is 3.26. The van der Waals surface area contributed by atoms with E-state index in [4.69, 9.17) is 5.73 Å². The van der Waals surface area contributed by atoms with Crippen molar-refractivity contribution in [3.63, 3.8) is 0 Å². The molecule has 1 aromatic rings. The van der Waals surface area contributed by atoms with E-state index in [1.54, 1.807) is 0 Å². The monoisotopic (exact) mass is 268 g/mol. The molecule has 0 amide bonds. The number of anilines is 1. The van der Waals surface area contributed by atoms with Gasteiger partial charge < -0.3 is 10.6 Å². The number of hydrogen-bond acceptors (Lipinski definition) is 2. The van der Waals surface area contributed by atoms with Crippen molar-refractivity contribution in [2.45, 2.75) is 31.3 Å². The minimum absolute atomic E-state index is 0.332. The number of rotatable bonds is 2. The molecule has 2 unspecified atom stereocenters. The quantitative estimate of drug-likeness (QED) is 0.894. The summed E-state index contributed by atoms with van der Waals surface area (Å²) in [6.45, 7) is 0. The van der Waals surface area contributed by atoms with Crippen molar-refractivity contribution in [3.05, 3.63) is 28.7 Å². The summed E-state index contributed by atoms with van der Waals surface area (Å²) in [6.07, 6.45) is 3.63. The topological polar surface area (TPSA) is 29.3 Å². The molecule has 0 radical (unpaired) electrons. The molecule has 82 valence electrons. The van der Waals surface area contributed by atoms with Crippen molar-refractivity contribution in [1.82, 2.24) is 0 Å². The number of nitrogens with zero attached hydrogens (tertiary/aromatic N) is 1. The van der Waals surface area contributed by atoms with Gasteiger partial charge in [0.1, 0.15) is 0 Å². The summed E-state index contributed by atoms with van der Waals surface area (Å²) in [5, 5.41) is 0. The Kier molecular flexibility index (Phi) is 3.32. The van der Waals surface area contributed by atoms with Gasteiger partial charge in [0, 0.05) is 29.3 Å². The molecule has 0 heterocycles. The average Bonchev–Trinajstić information content (AvgIpc) is 2.65. The maximum Gasteiger partial charge on any atom is 0.0437 e. The summed E-state index contributed by atoms with van der Waals surface area (Å²) in [7, 11) is 2.14. The van der Waals surface area contributed by atoms with Crippen molar-refractivity contribution >= 4 is 21.6 Å². The van der Waals surface area contributed by atoms with Crippen LogP contribution in [-0.2, 0) is 0 Å². The average molecular weight is 269 g/mol. The molecule has 1 aliphatic carbocycles. The van der Waals surface area contributed by atoms with Gasteiger partial charge in [-0.3, -0.25) is 0 Å². The van der Waals surface area contributed by atoms with Crippen LogP contribution in [0.3, 0.4) is 0 Å². The molecule has 3 heteroatoms. The van der Waals surface area contributed by atoms with Crippen LogP contribution < -0.4 is 10.6 Å². The summed E-state index contributed by atoms with van der Waals surface area (Å²) in [5.41, 5.74) is 7.35. The zero-order chi connectivity index (χ0) is 10.8. The van der Waals surface area contributed by atoms with Crippen LogP contribution in [0.5, 0.6) is 0 Å². The van der Waals surface area contributed by atoms with Crippen LogP contribution in [0.1, 0.15) is 19.3 Å². The van der Waals surface area contributed by atoms with Gasteiger partial charge in [0.05, 0.1) is 0 Å². The van der Waals surface area contributed by atoms with Crippen LogP contribution in [0.25, 0.3) is 0 Å². The first-order valence-electron chi connectivity index (χ1n) is 5.42. The Labute approximate surface area is 99.6 Å². The smallest absolute Gasteiger partial charge is 0.0437 e. The first kappa shape index (κ1) is 11.0. The summed E-state index contributed by atoms with van der Waals surface area (Å²) >= 11 is 3.45. The lowest BCUT2D eigenvalue weighted by atomic mass is 10.1. The summed E-state index contributed by atoms with van der Waals surface area (Å²) < 4.78 is 1.12. The third kappa shape index (κ3) is 2.34. The van der Waals surface area contributed by atoms with E-state index < -0.39 is 0 Å². The molecular formula is C12H17BrN2. The van der Waals surface area contributed by atoms with E-state index in [2.05, 4.69) is 52.1 Å². The van der Waals surface area contributed by atoms with Gasteiger partial charge in [0.2, 0.25) is 0 Å². The van der Waals surface area contributed by atoms with Gasteiger partial charge in [-0.1, -0.05) is 15.9 Å². The molecule has 0 aromatic heterocycles. The maximum atomic E-state index is 6.10. The van der Waals surface area contributed by atoms with E-state index in [0.29, 0.717) is 12.1 Å². The molecule has 1 fully saturated rings. The zero-order valence-electron chi connectivity index (χ0n) is 8.99. The second-order valence-corrected chi connectivity index (χ2v) is 5.17. The molecular weight excluding hydrogens is 252 g/mol. The standard InChI is InChI=1S/C12H17BrN2/c1-15(12-4-2-3-11(12)14)10-7-5-9(13)6-8-10/h5-8,11-12H,2-4,14H2,1H3. The lowest BCUT2D eigenvalue weighted by Crippen LogP contribution is -2.42. The lowest BCUT2D eigenvalue weighted by molar-refractivity contribution is 0.572. The van der Waals surface area contributed by atoms with Gasteiger partial charge in [-0.2, -0.15) is 0 Å². The molecule has 0 saturated heterocycles. The highest BCUT2D eigenvalue weighted by molar-refractivity contribution is 9.10. The van der Waals surface area contributed by atoms with E-state index in [-0.39, 0.29) is 0 Å². The molecule has 0 spiro atoms. The van der Waals surface area contributed by atoms with Crippen molar-refractivity contribution < 1.29 is 0 Å². The van der Waals surface area contributed by atoms with Gasteiger partial charge in [-0.05, 0) is 43.5 Å². The van der Waals surface area contributed by atoms with E-state index in [1.165, 1.54) is 18.5 Å². The molecule has 0 aliphatic heterocycles. The van der Waals surface area contributed by atoms with E-state index in [0.717, 1.165) is 10.9 Å². The minimum atomic E-state index is 0.332. The van der Waals surface area contributed by atoms with Gasteiger partial charge in [-0.25, -0.2) is 0 Å². The Hall–Kier alpha value is -0.540. The number of halogens is 1. The van der Waals surface area contributed by atoms with Crippen LogP contribution >= 0.6 is 15.9 Å². The van der Waals surface area contributed by atoms with Crippen molar-refractivity contribution in [1.29, 1.82) is 0 Å². The predicted molar refractivity (Wildman–Crippen MR) is 68.2 cm³/mol. The molecule has 2 N–H and O–H groups in total. The van der Waals surface area contributed by atoms with Crippen molar-refractivity contribution in [3.8, 4) is 0 Å². The fraction of sp³-hybridized carbons (Fsp3) is 0.500. The van der Waals surface area contributed by atoms with E-state index in [1.807, 2.05) is 0 Å². The van der Waals surface area contributed by atoms with Crippen LogP contribution in [0.4, 0.5) is 5.69 Å². The summed E-state index contributed by atoms with van der Waals surface area (Å²) in [5.74, 6) is 0. The second kappa shape index (κ2) is 4.54. The summed E-state index contributed by atoms with van der Waals surface area (Å²) in [6, 6.07) is 9.26. The lowest BCUT2D eigenvalue weighted by Gasteiger charge is -2.29. The Balaban J connectivity index is 2.13. The van der Waals surface area contributed by atoms with Gasteiger partial charge in [0.15, 0.2) is 0 Å². The molecule has 2 nitrogen and oxygen atoms in total. The van der Waals surface area contributed by atoms with Crippen molar-refractivity contribution in [2.75, 3.05) is 11.9 Å². The van der Waals surface area contributed by atoms with Gasteiger partial charge in [0.25, 0.3) is 0 Å². The largest absolute Gasteiger partial charge is 0.370 e. The molecule has 1 aromatic carbocycles. The Morgan fingerprint density at radius 1 is 1.27 bits per heavy atom. The number of likely N-dealkylation sites (N-methyl/N-ethyl adjacent to an activating group) is 1. The minimum Gasteiger partial charge on any atom is -0.370 e. The molecule has 1 aliphatic rings. The molecule has 1 saturated carbocycles. The molecule has 2 atom stereocenters. The van der Waals surface area contributed by atoms with Gasteiger partial charge in [-0.15, -0.1) is 0 Å². The number of nitrogens with two attached hydrogens (primary N) is 1. The third-order valence-corrected chi connectivity index (χ3v) is 3.79. The Morgan fingerprint density at radius 2 is 1.93 bits per heavy atom. The predicted octanol–water partition coefficient (Wildman–Crippen LogP) is 2.77. The fourth-order valence-corrected chi connectivity index (χ4v) is 2.58. The van der Waals surface area contributed by atoms with Crippen LogP contribution in [0.2, 0.25) is 0 Å². The highest BCUT2D eigenvalue weighted by Gasteiger charge is 2.27. The first-order chi connectivity index (χ1) is 7.18. The van der Waals surface area contributed by atoms with E-state index in [9.17, 15) is 0 Å². The van der Waals surface area contributed by atoms with E-state index >= 15 is 0 Å². The highest BCUT2D eigenvalue weighted by Crippen LogP contribution is 2.27. The number of benzene rings is 1. The van der Waals surface area contributed by atoms with Gasteiger partial charge >= 0.3 is 0 Å². The zero-order valence-corrected chi connectivity index (χ0v) is 10.6. The molecule has 2 rings (SSSR count).